The summed E-state index contributed by atoms with van der Waals surface area (Å²) in [6, 6.07) is -0.453. The van der Waals surface area contributed by atoms with E-state index in [0.717, 1.165) is 6.07 Å². The van der Waals surface area contributed by atoms with Crippen molar-refractivity contribution in [2.75, 3.05) is 6.54 Å². The van der Waals surface area contributed by atoms with Crippen molar-refractivity contribution in [1.29, 1.82) is 0 Å². The van der Waals surface area contributed by atoms with Gasteiger partial charge in [0.15, 0.2) is 11.6 Å². The molecule has 6 heteroatoms. The van der Waals surface area contributed by atoms with E-state index in [0.29, 0.717) is 6.07 Å². The van der Waals surface area contributed by atoms with Gasteiger partial charge in [0.1, 0.15) is 6.04 Å². The number of benzene rings is 1. The molecule has 0 bridgehead atoms. The van der Waals surface area contributed by atoms with Crippen LogP contribution >= 0.6 is 0 Å². The monoisotopic (exact) mass is 237 g/mol. The lowest BCUT2D eigenvalue weighted by atomic mass is 9.93. The molecule has 0 amide bonds. The van der Waals surface area contributed by atoms with E-state index in [1.807, 2.05) is 0 Å². The van der Waals surface area contributed by atoms with E-state index in [2.05, 4.69) is 5.32 Å². The normalized spacial score (nSPS) is 20.7. The fourth-order valence-corrected chi connectivity index (χ4v) is 1.84. The Morgan fingerprint density at radius 2 is 1.75 bits per heavy atom. The molecule has 0 saturated heterocycles. The first-order valence-corrected chi connectivity index (χ1v) is 4.67. The van der Waals surface area contributed by atoms with Gasteiger partial charge in [-0.15, -0.1) is 0 Å². The number of rotatable bonds is 0. The SMILES string of the molecule is Fc1cc2c(cc1F)C(C(F)(F)F)NCC2. The number of hydrogen-bond acceptors (Lipinski definition) is 1. The van der Waals surface area contributed by atoms with Crippen molar-refractivity contribution in [1.82, 2.24) is 5.32 Å². The Kier molecular flexibility index (Phi) is 2.61. The van der Waals surface area contributed by atoms with Gasteiger partial charge in [-0.3, -0.25) is 0 Å². The van der Waals surface area contributed by atoms with E-state index in [1.54, 1.807) is 0 Å². The third kappa shape index (κ3) is 1.89. The van der Waals surface area contributed by atoms with E-state index in [4.69, 9.17) is 0 Å². The van der Waals surface area contributed by atoms with Gasteiger partial charge < -0.3 is 5.32 Å². The highest BCUT2D eigenvalue weighted by atomic mass is 19.4. The molecular weight excluding hydrogens is 229 g/mol. The fraction of sp³-hybridized carbons (Fsp3) is 0.400. The highest BCUT2D eigenvalue weighted by Gasteiger charge is 2.43. The number of hydrogen-bond donors (Lipinski definition) is 1. The van der Waals surface area contributed by atoms with Crippen LogP contribution in [-0.2, 0) is 6.42 Å². The van der Waals surface area contributed by atoms with Crippen LogP contribution in [0.2, 0.25) is 0 Å². The van der Waals surface area contributed by atoms with Gasteiger partial charge in [0.25, 0.3) is 0 Å². The second-order valence-corrected chi connectivity index (χ2v) is 3.64. The first kappa shape index (κ1) is 11.3. The molecule has 88 valence electrons. The molecule has 0 radical (unpaired) electrons. The van der Waals surface area contributed by atoms with Gasteiger partial charge in [0, 0.05) is 6.54 Å². The summed E-state index contributed by atoms with van der Waals surface area (Å²) < 4.78 is 63.5. The predicted molar refractivity (Wildman–Crippen MR) is 46.9 cm³/mol. The molecule has 0 saturated carbocycles. The van der Waals surface area contributed by atoms with E-state index in [9.17, 15) is 22.0 Å². The first-order valence-electron chi connectivity index (χ1n) is 4.67. The van der Waals surface area contributed by atoms with Crippen LogP contribution in [0.5, 0.6) is 0 Å². The fourth-order valence-electron chi connectivity index (χ4n) is 1.84. The van der Waals surface area contributed by atoms with Crippen molar-refractivity contribution in [3.05, 3.63) is 34.9 Å². The maximum atomic E-state index is 12.9. The summed E-state index contributed by atoms with van der Waals surface area (Å²) >= 11 is 0. The molecule has 0 aromatic heterocycles. The lowest BCUT2D eigenvalue weighted by molar-refractivity contribution is -0.158. The van der Waals surface area contributed by atoms with Crippen LogP contribution in [0.1, 0.15) is 17.2 Å². The van der Waals surface area contributed by atoms with Crippen molar-refractivity contribution in [2.45, 2.75) is 18.6 Å². The molecule has 1 aromatic rings. The average molecular weight is 237 g/mol. The van der Waals surface area contributed by atoms with Gasteiger partial charge >= 0.3 is 6.18 Å². The summed E-state index contributed by atoms with van der Waals surface area (Å²) in [7, 11) is 0. The van der Waals surface area contributed by atoms with Gasteiger partial charge in [-0.25, -0.2) is 8.78 Å². The van der Waals surface area contributed by atoms with Crippen LogP contribution in [-0.4, -0.2) is 12.7 Å². The van der Waals surface area contributed by atoms with E-state index in [1.165, 1.54) is 0 Å². The van der Waals surface area contributed by atoms with Gasteiger partial charge in [-0.2, -0.15) is 13.2 Å². The van der Waals surface area contributed by atoms with Gasteiger partial charge in [-0.1, -0.05) is 0 Å². The van der Waals surface area contributed by atoms with Crippen LogP contribution in [0.4, 0.5) is 22.0 Å². The average Bonchev–Trinajstić information content (AvgIpc) is 2.17. The highest BCUT2D eigenvalue weighted by molar-refractivity contribution is 5.34. The minimum atomic E-state index is -4.50. The number of alkyl halides is 3. The Hall–Kier alpha value is -1.17. The number of fused-ring (bicyclic) bond motifs is 1. The quantitative estimate of drug-likeness (QED) is 0.684. The van der Waals surface area contributed by atoms with Crippen LogP contribution in [0.3, 0.4) is 0 Å². The smallest absolute Gasteiger partial charge is 0.302 e. The largest absolute Gasteiger partial charge is 0.407 e. The van der Waals surface area contributed by atoms with Crippen molar-refractivity contribution in [2.24, 2.45) is 0 Å². The van der Waals surface area contributed by atoms with E-state index in [-0.39, 0.29) is 24.1 Å². The molecular formula is C10H8F5N. The summed E-state index contributed by atoms with van der Waals surface area (Å²) in [5.41, 5.74) is -0.0161. The molecule has 1 aliphatic heterocycles. The number of halogens is 5. The standard InChI is InChI=1S/C10H8F5N/c11-7-3-5-1-2-16-9(10(13,14)15)6(5)4-8(7)12/h3-4,9,16H,1-2H2. The van der Waals surface area contributed by atoms with Crippen molar-refractivity contribution >= 4 is 0 Å². The lowest BCUT2D eigenvalue weighted by Gasteiger charge is -2.28. The Morgan fingerprint density at radius 1 is 1.12 bits per heavy atom. The Balaban J connectivity index is 2.50. The van der Waals surface area contributed by atoms with Crippen molar-refractivity contribution in [3.8, 4) is 0 Å². The van der Waals surface area contributed by atoms with Gasteiger partial charge in [-0.05, 0) is 29.7 Å². The molecule has 0 aliphatic carbocycles. The Bertz CT molecular complexity index is 412. The zero-order valence-electron chi connectivity index (χ0n) is 8.04. The summed E-state index contributed by atoms with van der Waals surface area (Å²) in [6.45, 7) is 0.0995. The molecule has 1 atom stereocenters. The summed E-state index contributed by atoms with van der Waals surface area (Å²) in [6.07, 6.45) is -4.24. The maximum Gasteiger partial charge on any atom is 0.407 e. The maximum absolute atomic E-state index is 12.9. The molecule has 2 rings (SSSR count). The Morgan fingerprint density at radius 3 is 2.38 bits per heavy atom. The third-order valence-corrected chi connectivity index (χ3v) is 2.56. The molecule has 0 spiro atoms. The van der Waals surface area contributed by atoms with Crippen molar-refractivity contribution < 1.29 is 22.0 Å². The van der Waals surface area contributed by atoms with E-state index >= 15 is 0 Å². The van der Waals surface area contributed by atoms with Crippen LogP contribution < -0.4 is 5.32 Å². The van der Waals surface area contributed by atoms with E-state index < -0.39 is 23.9 Å². The van der Waals surface area contributed by atoms with Crippen LogP contribution in [0.15, 0.2) is 12.1 Å². The summed E-state index contributed by atoms with van der Waals surface area (Å²) in [5, 5.41) is 2.25. The molecule has 1 heterocycles. The summed E-state index contributed by atoms with van der Waals surface area (Å²) in [4.78, 5) is 0. The topological polar surface area (TPSA) is 12.0 Å². The highest BCUT2D eigenvalue weighted by Crippen LogP contribution is 2.37. The minimum absolute atomic E-state index is 0.0995. The second-order valence-electron chi connectivity index (χ2n) is 3.64. The minimum Gasteiger partial charge on any atom is -0.302 e. The molecule has 16 heavy (non-hydrogen) atoms. The molecule has 1 aliphatic rings. The second kappa shape index (κ2) is 3.69. The lowest BCUT2D eigenvalue weighted by Crippen LogP contribution is -2.39. The zero-order valence-corrected chi connectivity index (χ0v) is 8.04. The van der Waals surface area contributed by atoms with Crippen LogP contribution in [0.25, 0.3) is 0 Å². The predicted octanol–water partition coefficient (Wildman–Crippen LogP) is 2.71. The van der Waals surface area contributed by atoms with Gasteiger partial charge in [0.2, 0.25) is 0 Å². The molecule has 1 N–H and O–H groups in total. The molecule has 1 aromatic carbocycles. The third-order valence-electron chi connectivity index (χ3n) is 2.56. The number of nitrogens with one attached hydrogen (secondary N) is 1. The zero-order chi connectivity index (χ0) is 11.9. The van der Waals surface area contributed by atoms with Crippen LogP contribution in [0, 0.1) is 11.6 Å². The first-order chi connectivity index (χ1) is 7.39. The summed E-state index contributed by atoms with van der Waals surface area (Å²) in [5.74, 6) is -2.36. The van der Waals surface area contributed by atoms with Gasteiger partial charge in [0.05, 0.1) is 0 Å². The van der Waals surface area contributed by atoms with Crippen molar-refractivity contribution in [3.63, 3.8) is 0 Å². The molecule has 1 unspecified atom stereocenters. The Labute approximate surface area is 88.3 Å². The molecule has 0 fully saturated rings. The molecule has 1 nitrogen and oxygen atoms in total.